The fourth-order valence-electron chi connectivity index (χ4n) is 1.67. The van der Waals surface area contributed by atoms with E-state index >= 15 is 0 Å². The van der Waals surface area contributed by atoms with Gasteiger partial charge in [-0.3, -0.25) is 10.0 Å². The number of carbonyl (C=O) groups is 1. The first-order chi connectivity index (χ1) is 10.2. The number of hydrogen-bond donors (Lipinski definition) is 2. The van der Waals surface area contributed by atoms with Gasteiger partial charge in [-0.15, -0.1) is 0 Å². The molecular weight excluding hydrogens is 303 g/mol. The number of benzene rings is 1. The third-order valence-corrected chi connectivity index (χ3v) is 3.03. The maximum Gasteiger partial charge on any atom is 0.436 e. The van der Waals surface area contributed by atoms with E-state index in [0.29, 0.717) is 16.9 Å². The number of amides is 1. The maximum absolute atomic E-state index is 12.4. The molecule has 0 spiro atoms. The number of oxazole rings is 1. The Morgan fingerprint density at radius 1 is 1.36 bits per heavy atom. The molecule has 22 heavy (non-hydrogen) atoms. The first kappa shape index (κ1) is 15.8. The molecule has 0 radical (unpaired) electrons. The number of primary amides is 1. The number of halogens is 3. The molecule has 9 heteroatoms. The summed E-state index contributed by atoms with van der Waals surface area (Å²) in [4.78, 5) is 14.2. The second-order valence-electron chi connectivity index (χ2n) is 4.54. The molecule has 1 atom stereocenters. The first-order valence-electron chi connectivity index (χ1n) is 6.11. The standard InChI is InChI=1S/C13H12F3N3O3/c1-7(11(17)20)8-2-4-9(5-3-8)19(21)12-18-10(6-22-12)13(14,15)16/h2-7,21H,1H3,(H2,17,20). The summed E-state index contributed by atoms with van der Waals surface area (Å²) in [7, 11) is 0. The Morgan fingerprint density at radius 2 is 1.95 bits per heavy atom. The molecule has 0 bridgehead atoms. The molecule has 1 heterocycles. The van der Waals surface area contributed by atoms with E-state index in [1.54, 1.807) is 6.92 Å². The lowest BCUT2D eigenvalue weighted by Gasteiger charge is -2.14. The van der Waals surface area contributed by atoms with E-state index in [9.17, 15) is 23.2 Å². The van der Waals surface area contributed by atoms with Gasteiger partial charge in [-0.25, -0.2) is 0 Å². The highest BCUT2D eigenvalue weighted by Gasteiger charge is 2.35. The van der Waals surface area contributed by atoms with Crippen molar-refractivity contribution in [2.75, 3.05) is 5.06 Å². The number of nitrogens with zero attached hydrogens (tertiary/aromatic N) is 2. The van der Waals surface area contributed by atoms with Crippen LogP contribution in [0.5, 0.6) is 0 Å². The minimum Gasteiger partial charge on any atom is -0.430 e. The number of nitrogens with two attached hydrogens (primary N) is 1. The lowest BCUT2D eigenvalue weighted by atomic mass is 10.0. The van der Waals surface area contributed by atoms with Crippen molar-refractivity contribution in [3.8, 4) is 0 Å². The Bertz CT molecular complexity index is 667. The second-order valence-corrected chi connectivity index (χ2v) is 4.54. The van der Waals surface area contributed by atoms with E-state index in [0.717, 1.165) is 0 Å². The van der Waals surface area contributed by atoms with Crippen LogP contribution in [-0.2, 0) is 11.0 Å². The maximum atomic E-state index is 12.4. The van der Waals surface area contributed by atoms with Crippen molar-refractivity contribution in [1.29, 1.82) is 0 Å². The smallest absolute Gasteiger partial charge is 0.430 e. The summed E-state index contributed by atoms with van der Waals surface area (Å²) in [5.74, 6) is -1.05. The Balaban J connectivity index is 2.21. The fourth-order valence-corrected chi connectivity index (χ4v) is 1.67. The van der Waals surface area contributed by atoms with Crippen LogP contribution in [0.25, 0.3) is 0 Å². The molecule has 118 valence electrons. The predicted molar refractivity (Wildman–Crippen MR) is 69.5 cm³/mol. The Hall–Kier alpha value is -2.55. The van der Waals surface area contributed by atoms with Crippen LogP contribution in [0.1, 0.15) is 24.1 Å². The fraction of sp³-hybridized carbons (Fsp3) is 0.231. The summed E-state index contributed by atoms with van der Waals surface area (Å²) >= 11 is 0. The van der Waals surface area contributed by atoms with Crippen LogP contribution in [-0.4, -0.2) is 16.1 Å². The Morgan fingerprint density at radius 3 is 2.41 bits per heavy atom. The number of hydrogen-bond acceptors (Lipinski definition) is 5. The second kappa shape index (κ2) is 5.68. The third kappa shape index (κ3) is 3.19. The van der Waals surface area contributed by atoms with Gasteiger partial charge in [0.1, 0.15) is 6.26 Å². The first-order valence-corrected chi connectivity index (χ1v) is 6.11. The lowest BCUT2D eigenvalue weighted by molar-refractivity contribution is -0.141. The van der Waals surface area contributed by atoms with Crippen LogP contribution in [0.15, 0.2) is 34.9 Å². The number of anilines is 2. The highest BCUT2D eigenvalue weighted by atomic mass is 19.4. The van der Waals surface area contributed by atoms with E-state index in [2.05, 4.69) is 9.40 Å². The molecule has 0 aliphatic rings. The van der Waals surface area contributed by atoms with E-state index < -0.39 is 29.7 Å². The van der Waals surface area contributed by atoms with Gasteiger partial charge >= 0.3 is 12.2 Å². The van der Waals surface area contributed by atoms with Crippen molar-refractivity contribution in [3.63, 3.8) is 0 Å². The Kier molecular flexibility index (Phi) is 4.09. The van der Waals surface area contributed by atoms with E-state index in [-0.39, 0.29) is 5.69 Å². The molecule has 0 saturated carbocycles. The summed E-state index contributed by atoms with van der Waals surface area (Å²) in [6.45, 7) is 1.61. The van der Waals surface area contributed by atoms with Gasteiger partial charge < -0.3 is 10.2 Å². The van der Waals surface area contributed by atoms with Gasteiger partial charge in [-0.1, -0.05) is 12.1 Å². The molecule has 0 fully saturated rings. The van der Waals surface area contributed by atoms with E-state index in [1.807, 2.05) is 0 Å². The van der Waals surface area contributed by atoms with Gasteiger partial charge in [0.25, 0.3) is 0 Å². The number of rotatable bonds is 4. The zero-order valence-electron chi connectivity index (χ0n) is 11.3. The number of aromatic nitrogens is 1. The zero-order valence-corrected chi connectivity index (χ0v) is 11.3. The minimum absolute atomic E-state index is 0.121. The summed E-state index contributed by atoms with van der Waals surface area (Å²) < 4.78 is 41.8. The van der Waals surface area contributed by atoms with Crippen LogP contribution < -0.4 is 10.8 Å². The van der Waals surface area contributed by atoms with Crippen LogP contribution in [0.4, 0.5) is 24.9 Å². The van der Waals surface area contributed by atoms with Crippen LogP contribution >= 0.6 is 0 Å². The largest absolute Gasteiger partial charge is 0.436 e. The molecule has 1 aromatic heterocycles. The molecular formula is C13H12F3N3O3. The molecule has 2 aromatic rings. The van der Waals surface area contributed by atoms with Gasteiger partial charge in [-0.2, -0.15) is 23.2 Å². The third-order valence-electron chi connectivity index (χ3n) is 3.03. The van der Waals surface area contributed by atoms with Crippen LogP contribution in [0.3, 0.4) is 0 Å². The molecule has 1 unspecified atom stereocenters. The monoisotopic (exact) mass is 315 g/mol. The molecule has 1 aromatic carbocycles. The Labute approximate surface area is 122 Å². The van der Waals surface area contributed by atoms with Gasteiger partial charge in [0.2, 0.25) is 5.91 Å². The van der Waals surface area contributed by atoms with Crippen molar-refractivity contribution in [2.45, 2.75) is 19.0 Å². The van der Waals surface area contributed by atoms with Gasteiger partial charge in [0.05, 0.1) is 11.6 Å². The zero-order chi connectivity index (χ0) is 16.5. The van der Waals surface area contributed by atoms with Gasteiger partial charge in [0, 0.05) is 0 Å². The van der Waals surface area contributed by atoms with Crippen molar-refractivity contribution < 1.29 is 27.6 Å². The van der Waals surface area contributed by atoms with Crippen LogP contribution in [0, 0.1) is 0 Å². The summed E-state index contributed by atoms with van der Waals surface area (Å²) in [6.07, 6.45) is -4.26. The van der Waals surface area contributed by atoms with Gasteiger partial charge in [0.15, 0.2) is 5.69 Å². The average molecular weight is 315 g/mol. The SMILES string of the molecule is CC(C(N)=O)c1ccc(N(O)c2nc(C(F)(F)F)co2)cc1. The van der Waals surface area contributed by atoms with Gasteiger partial charge in [-0.05, 0) is 24.6 Å². The molecule has 0 aliphatic carbocycles. The van der Waals surface area contributed by atoms with E-state index in [4.69, 9.17) is 5.73 Å². The normalized spacial score (nSPS) is 13.0. The topological polar surface area (TPSA) is 92.6 Å². The average Bonchev–Trinajstić information content (AvgIpc) is 2.95. The molecule has 0 aliphatic heterocycles. The number of carbonyl (C=O) groups excluding carboxylic acids is 1. The summed E-state index contributed by atoms with van der Waals surface area (Å²) in [6, 6.07) is 5.20. The molecule has 0 saturated heterocycles. The number of alkyl halides is 3. The minimum atomic E-state index is -4.66. The predicted octanol–water partition coefficient (Wildman–Crippen LogP) is 2.81. The quantitative estimate of drug-likeness (QED) is 0.846. The molecule has 3 N–H and O–H groups in total. The van der Waals surface area contributed by atoms with E-state index in [1.165, 1.54) is 24.3 Å². The van der Waals surface area contributed by atoms with Crippen molar-refractivity contribution in [1.82, 2.24) is 4.98 Å². The van der Waals surface area contributed by atoms with Crippen molar-refractivity contribution >= 4 is 17.6 Å². The molecule has 6 nitrogen and oxygen atoms in total. The van der Waals surface area contributed by atoms with Crippen LogP contribution in [0.2, 0.25) is 0 Å². The summed E-state index contributed by atoms with van der Waals surface area (Å²) in [5, 5.41) is 10.2. The highest BCUT2D eigenvalue weighted by Crippen LogP contribution is 2.32. The van der Waals surface area contributed by atoms with Crippen molar-refractivity contribution in [2.24, 2.45) is 5.73 Å². The lowest BCUT2D eigenvalue weighted by Crippen LogP contribution is -2.18. The molecule has 1 amide bonds. The molecule has 2 rings (SSSR count). The summed E-state index contributed by atoms with van der Waals surface area (Å²) in [5.41, 5.74) is 4.65. The highest BCUT2D eigenvalue weighted by molar-refractivity contribution is 5.81. The van der Waals surface area contributed by atoms with Crippen molar-refractivity contribution in [3.05, 3.63) is 41.8 Å².